The minimum absolute atomic E-state index is 0. The summed E-state index contributed by atoms with van der Waals surface area (Å²) >= 11 is 1.61. The molecule has 0 bridgehead atoms. The number of aromatic nitrogens is 1. The minimum atomic E-state index is 0. The van der Waals surface area contributed by atoms with Crippen LogP contribution in [0.25, 0.3) is 16.5 Å². The van der Waals surface area contributed by atoms with Crippen LogP contribution in [0.5, 0.6) is 0 Å². The van der Waals surface area contributed by atoms with Crippen LogP contribution in [0.3, 0.4) is 0 Å². The Labute approximate surface area is 169 Å². The molecule has 7 heteroatoms. The molecule has 26 heavy (non-hydrogen) atoms. The molecular formula is C19H22Cl2N4S. The molecule has 138 valence electrons. The zero-order chi connectivity index (χ0) is 16.5. The standard InChI is InChI=1S/C19H20N4S.2ClH/c1-23-8-6-13(7-9-23)16-12-21-17-5-4-14(11-15(16)17)22-19(20)18-3-2-10-24-18;;/h2-6,10-12,21H,7-9H2,1H3,(H2,20,22);2*1H. The normalized spacial score (nSPS) is 15.3. The number of hydrogen-bond donors (Lipinski definition) is 2. The van der Waals surface area contributed by atoms with Crippen molar-refractivity contribution in [3.8, 4) is 0 Å². The summed E-state index contributed by atoms with van der Waals surface area (Å²) < 4.78 is 0. The van der Waals surface area contributed by atoms with Gasteiger partial charge in [-0.15, -0.1) is 36.2 Å². The van der Waals surface area contributed by atoms with Crippen LogP contribution in [-0.4, -0.2) is 35.9 Å². The molecule has 0 radical (unpaired) electrons. The number of likely N-dealkylation sites (N-methyl/N-ethyl adjacent to an activating group) is 1. The number of H-pyrrole nitrogens is 1. The number of nitrogens with one attached hydrogen (secondary N) is 1. The third-order valence-electron chi connectivity index (χ3n) is 4.45. The first-order valence-electron chi connectivity index (χ1n) is 8.08. The number of nitrogens with zero attached hydrogens (tertiary/aromatic N) is 2. The number of nitrogens with two attached hydrogens (primary N) is 1. The van der Waals surface area contributed by atoms with Crippen molar-refractivity contribution in [3.63, 3.8) is 0 Å². The van der Waals surface area contributed by atoms with Crippen molar-refractivity contribution in [2.45, 2.75) is 6.42 Å². The fourth-order valence-electron chi connectivity index (χ4n) is 3.08. The molecule has 0 fully saturated rings. The Morgan fingerprint density at radius 2 is 2.12 bits per heavy atom. The Kier molecular flexibility index (Phi) is 6.89. The molecule has 3 N–H and O–H groups in total. The fraction of sp³-hybridized carbons (Fsp3) is 0.211. The van der Waals surface area contributed by atoms with Gasteiger partial charge in [0.25, 0.3) is 0 Å². The molecular weight excluding hydrogens is 387 g/mol. The largest absolute Gasteiger partial charge is 0.383 e. The van der Waals surface area contributed by atoms with Gasteiger partial charge in [-0.3, -0.25) is 0 Å². The molecule has 1 aliphatic heterocycles. The first-order valence-corrected chi connectivity index (χ1v) is 8.96. The third kappa shape index (κ3) is 4.13. The van der Waals surface area contributed by atoms with Gasteiger partial charge in [0.2, 0.25) is 0 Å². The molecule has 3 heterocycles. The summed E-state index contributed by atoms with van der Waals surface area (Å²) in [4.78, 5) is 11.3. The number of thiophene rings is 1. The third-order valence-corrected chi connectivity index (χ3v) is 5.34. The van der Waals surface area contributed by atoms with Gasteiger partial charge in [-0.2, -0.15) is 0 Å². The van der Waals surface area contributed by atoms with E-state index in [9.17, 15) is 0 Å². The highest BCUT2D eigenvalue weighted by Gasteiger charge is 2.13. The van der Waals surface area contributed by atoms with E-state index in [0.717, 1.165) is 35.6 Å². The topological polar surface area (TPSA) is 57.4 Å². The molecule has 0 atom stereocenters. The summed E-state index contributed by atoms with van der Waals surface area (Å²) in [5.41, 5.74) is 10.8. The molecule has 0 amide bonds. The zero-order valence-electron chi connectivity index (χ0n) is 14.4. The fourth-order valence-corrected chi connectivity index (χ4v) is 3.70. The molecule has 0 saturated carbocycles. The Morgan fingerprint density at radius 1 is 1.27 bits per heavy atom. The highest BCUT2D eigenvalue weighted by Crippen LogP contribution is 2.31. The number of aromatic amines is 1. The summed E-state index contributed by atoms with van der Waals surface area (Å²) in [7, 11) is 2.16. The Balaban J connectivity index is 0.00000121. The maximum absolute atomic E-state index is 6.12. The van der Waals surface area contributed by atoms with Crippen molar-refractivity contribution >= 4 is 64.1 Å². The van der Waals surface area contributed by atoms with Crippen LogP contribution in [0.4, 0.5) is 5.69 Å². The van der Waals surface area contributed by atoms with Gasteiger partial charge in [0, 0.05) is 35.8 Å². The average Bonchev–Trinajstić information content (AvgIpc) is 3.25. The Hall–Kier alpha value is -1.79. The summed E-state index contributed by atoms with van der Waals surface area (Å²) in [5, 5.41) is 3.23. The first kappa shape index (κ1) is 20.5. The molecule has 4 rings (SSSR count). The smallest absolute Gasteiger partial charge is 0.141 e. The Bertz CT molecular complexity index is 928. The molecule has 2 aromatic heterocycles. The van der Waals surface area contributed by atoms with E-state index in [0.29, 0.717) is 5.84 Å². The van der Waals surface area contributed by atoms with Gasteiger partial charge >= 0.3 is 0 Å². The molecule has 0 spiro atoms. The summed E-state index contributed by atoms with van der Waals surface area (Å²) in [6.45, 7) is 2.10. The predicted octanol–water partition coefficient (Wildman–Crippen LogP) is 4.83. The number of fused-ring (bicyclic) bond motifs is 1. The van der Waals surface area contributed by atoms with Crippen LogP contribution >= 0.6 is 36.2 Å². The molecule has 0 unspecified atom stereocenters. The van der Waals surface area contributed by atoms with Crippen LogP contribution in [0.1, 0.15) is 16.9 Å². The molecule has 1 aliphatic rings. The monoisotopic (exact) mass is 408 g/mol. The van der Waals surface area contributed by atoms with Crippen LogP contribution < -0.4 is 5.73 Å². The maximum Gasteiger partial charge on any atom is 0.141 e. The highest BCUT2D eigenvalue weighted by molar-refractivity contribution is 7.12. The van der Waals surface area contributed by atoms with Crippen molar-refractivity contribution in [3.05, 3.63) is 58.4 Å². The van der Waals surface area contributed by atoms with E-state index in [4.69, 9.17) is 5.73 Å². The number of amidine groups is 1. The maximum atomic E-state index is 6.12. The van der Waals surface area contributed by atoms with E-state index in [1.54, 1.807) is 11.3 Å². The molecule has 0 aliphatic carbocycles. The first-order chi connectivity index (χ1) is 11.7. The number of aliphatic imine (C=N–C) groups is 1. The Morgan fingerprint density at radius 3 is 2.81 bits per heavy atom. The van der Waals surface area contributed by atoms with Crippen LogP contribution in [0.2, 0.25) is 0 Å². The second-order valence-electron chi connectivity index (χ2n) is 6.15. The number of halogens is 2. The van der Waals surface area contributed by atoms with Crippen LogP contribution in [-0.2, 0) is 0 Å². The molecule has 4 nitrogen and oxygen atoms in total. The van der Waals surface area contributed by atoms with Gasteiger partial charge in [-0.25, -0.2) is 4.99 Å². The summed E-state index contributed by atoms with van der Waals surface area (Å²) in [6.07, 6.45) is 5.51. The number of rotatable bonds is 3. The van der Waals surface area contributed by atoms with E-state index in [2.05, 4.69) is 46.3 Å². The number of benzene rings is 1. The zero-order valence-corrected chi connectivity index (χ0v) is 16.9. The van der Waals surface area contributed by atoms with Gasteiger partial charge in [0.15, 0.2) is 0 Å². The number of hydrogen-bond acceptors (Lipinski definition) is 3. The predicted molar refractivity (Wildman–Crippen MR) is 118 cm³/mol. The van der Waals surface area contributed by atoms with Crippen molar-refractivity contribution < 1.29 is 0 Å². The lowest BCUT2D eigenvalue weighted by atomic mass is 9.99. The van der Waals surface area contributed by atoms with Gasteiger partial charge in [-0.1, -0.05) is 12.1 Å². The van der Waals surface area contributed by atoms with Crippen LogP contribution in [0, 0.1) is 0 Å². The lowest BCUT2D eigenvalue weighted by Gasteiger charge is -2.21. The highest BCUT2D eigenvalue weighted by atomic mass is 35.5. The van der Waals surface area contributed by atoms with Gasteiger partial charge in [0.1, 0.15) is 5.84 Å². The average molecular weight is 409 g/mol. The van der Waals surface area contributed by atoms with Crippen LogP contribution in [0.15, 0.2) is 53.0 Å². The van der Waals surface area contributed by atoms with Crippen molar-refractivity contribution in [1.29, 1.82) is 0 Å². The molecule has 1 aromatic carbocycles. The van der Waals surface area contributed by atoms with E-state index in [1.165, 1.54) is 16.5 Å². The molecule has 3 aromatic rings. The van der Waals surface area contributed by atoms with Crippen molar-refractivity contribution in [2.75, 3.05) is 20.1 Å². The minimum Gasteiger partial charge on any atom is -0.383 e. The van der Waals surface area contributed by atoms with Crippen molar-refractivity contribution in [2.24, 2.45) is 10.7 Å². The molecule has 0 saturated heterocycles. The van der Waals surface area contributed by atoms with Gasteiger partial charge in [-0.05, 0) is 48.7 Å². The van der Waals surface area contributed by atoms with Gasteiger partial charge < -0.3 is 15.6 Å². The second kappa shape index (κ2) is 8.73. The second-order valence-corrected chi connectivity index (χ2v) is 7.10. The van der Waals surface area contributed by atoms with Gasteiger partial charge in [0.05, 0.1) is 10.6 Å². The summed E-state index contributed by atoms with van der Waals surface area (Å²) in [6, 6.07) is 10.2. The van der Waals surface area contributed by atoms with E-state index in [-0.39, 0.29) is 24.8 Å². The SMILES string of the molecule is CN1CC=C(c2c[nH]c3ccc(N=C(N)c4cccs4)cc23)CC1.Cl.Cl. The lowest BCUT2D eigenvalue weighted by molar-refractivity contribution is 0.370. The quantitative estimate of drug-likeness (QED) is 0.481. The van der Waals surface area contributed by atoms with E-state index in [1.807, 2.05) is 23.6 Å². The van der Waals surface area contributed by atoms with E-state index >= 15 is 0 Å². The van der Waals surface area contributed by atoms with E-state index < -0.39 is 0 Å². The summed E-state index contributed by atoms with van der Waals surface area (Å²) in [5.74, 6) is 0.569. The van der Waals surface area contributed by atoms with Crippen molar-refractivity contribution in [1.82, 2.24) is 9.88 Å². The lowest BCUT2D eigenvalue weighted by Crippen LogP contribution is -2.23.